The van der Waals surface area contributed by atoms with Crippen molar-refractivity contribution in [3.63, 3.8) is 0 Å². The van der Waals surface area contributed by atoms with Crippen LogP contribution in [0, 0.1) is 0 Å². The minimum atomic E-state index is -1.47. The molecule has 6 heteroatoms. The lowest BCUT2D eigenvalue weighted by molar-refractivity contribution is -0.230. The van der Waals surface area contributed by atoms with Crippen LogP contribution in [-0.4, -0.2) is 45.9 Å². The zero-order valence-corrected chi connectivity index (χ0v) is 8.45. The van der Waals surface area contributed by atoms with Crippen molar-refractivity contribution in [3.05, 3.63) is 11.8 Å². The van der Waals surface area contributed by atoms with Gasteiger partial charge in [0.1, 0.15) is 11.9 Å². The van der Waals surface area contributed by atoms with E-state index in [0.717, 1.165) is 6.08 Å². The van der Waals surface area contributed by atoms with Crippen LogP contribution in [-0.2, 0) is 14.3 Å². The van der Waals surface area contributed by atoms with E-state index >= 15 is 0 Å². The van der Waals surface area contributed by atoms with E-state index in [9.17, 15) is 15.0 Å². The number of carbonyl (C=O) groups is 1. The maximum atomic E-state index is 10.6. The topological polar surface area (TPSA) is 96.2 Å². The molecule has 1 heterocycles. The first-order valence-corrected chi connectivity index (χ1v) is 4.54. The van der Waals surface area contributed by atoms with Crippen LogP contribution in [0.5, 0.6) is 0 Å². The third-order valence-electron chi connectivity index (χ3n) is 1.79. The molecule has 86 valence electrons. The van der Waals surface area contributed by atoms with Gasteiger partial charge in [0, 0.05) is 0 Å². The second kappa shape index (κ2) is 4.61. The first-order valence-electron chi connectivity index (χ1n) is 4.54. The van der Waals surface area contributed by atoms with Gasteiger partial charge in [-0.1, -0.05) is 0 Å². The van der Waals surface area contributed by atoms with Crippen molar-refractivity contribution in [2.75, 3.05) is 0 Å². The zero-order valence-electron chi connectivity index (χ0n) is 8.45. The zero-order chi connectivity index (χ0) is 11.6. The van der Waals surface area contributed by atoms with Gasteiger partial charge in [-0.3, -0.25) is 0 Å². The molecule has 0 radical (unpaired) electrons. The van der Waals surface area contributed by atoms with Crippen molar-refractivity contribution >= 4 is 5.97 Å². The Morgan fingerprint density at radius 1 is 1.60 bits per heavy atom. The summed E-state index contributed by atoms with van der Waals surface area (Å²) in [6.07, 6.45) is -2.91. The summed E-state index contributed by atoms with van der Waals surface area (Å²) in [4.78, 5) is 10.6. The normalized spacial score (nSPS) is 31.5. The lowest BCUT2D eigenvalue weighted by Crippen LogP contribution is -2.43. The standard InChI is InChI=1S/C9H14O6/c1-4(2)14-9-6(11)3-5(10)7(15-9)8(12)13/h3-4,6-7,9-11H,1-2H3,(H,12,13)/t6?,7?,9-/m1/s1. The summed E-state index contributed by atoms with van der Waals surface area (Å²) in [5.41, 5.74) is 0. The average molecular weight is 218 g/mol. The lowest BCUT2D eigenvalue weighted by atomic mass is 10.1. The van der Waals surface area contributed by atoms with Gasteiger partial charge in [-0.05, 0) is 19.9 Å². The van der Waals surface area contributed by atoms with Gasteiger partial charge in [-0.15, -0.1) is 0 Å². The fraction of sp³-hybridized carbons (Fsp3) is 0.667. The number of ether oxygens (including phenoxy) is 2. The van der Waals surface area contributed by atoms with E-state index in [1.807, 2.05) is 0 Å². The van der Waals surface area contributed by atoms with Crippen LogP contribution in [0.4, 0.5) is 0 Å². The molecule has 0 fully saturated rings. The summed E-state index contributed by atoms with van der Waals surface area (Å²) >= 11 is 0. The molecule has 3 atom stereocenters. The molecule has 0 aromatic carbocycles. The highest BCUT2D eigenvalue weighted by molar-refractivity contribution is 5.75. The van der Waals surface area contributed by atoms with E-state index in [1.54, 1.807) is 13.8 Å². The summed E-state index contributed by atoms with van der Waals surface area (Å²) in [5, 5.41) is 27.3. The molecule has 1 rings (SSSR count). The smallest absolute Gasteiger partial charge is 0.340 e. The van der Waals surface area contributed by atoms with E-state index in [-0.39, 0.29) is 6.10 Å². The lowest BCUT2D eigenvalue weighted by Gasteiger charge is -2.30. The highest BCUT2D eigenvalue weighted by Crippen LogP contribution is 2.20. The number of aliphatic carboxylic acids is 1. The Balaban J connectivity index is 2.75. The molecule has 0 saturated carbocycles. The Labute approximate surface area is 86.7 Å². The maximum absolute atomic E-state index is 10.6. The molecule has 0 bridgehead atoms. The van der Waals surface area contributed by atoms with Gasteiger partial charge in [0.2, 0.25) is 6.10 Å². The molecule has 15 heavy (non-hydrogen) atoms. The molecular formula is C9H14O6. The van der Waals surface area contributed by atoms with Crippen molar-refractivity contribution in [3.8, 4) is 0 Å². The van der Waals surface area contributed by atoms with Gasteiger partial charge < -0.3 is 24.8 Å². The number of aliphatic hydroxyl groups is 2. The van der Waals surface area contributed by atoms with Crippen LogP contribution in [0.2, 0.25) is 0 Å². The summed E-state index contributed by atoms with van der Waals surface area (Å²) in [5.74, 6) is -1.84. The molecule has 0 spiro atoms. The van der Waals surface area contributed by atoms with E-state index in [0.29, 0.717) is 0 Å². The van der Waals surface area contributed by atoms with Crippen LogP contribution < -0.4 is 0 Å². The Kier molecular flexibility index (Phi) is 3.67. The number of hydrogen-bond acceptors (Lipinski definition) is 5. The van der Waals surface area contributed by atoms with Gasteiger partial charge in [-0.2, -0.15) is 0 Å². The number of aliphatic hydroxyl groups excluding tert-OH is 2. The Morgan fingerprint density at radius 2 is 2.20 bits per heavy atom. The van der Waals surface area contributed by atoms with Crippen molar-refractivity contribution in [2.24, 2.45) is 0 Å². The van der Waals surface area contributed by atoms with Crippen LogP contribution in [0.3, 0.4) is 0 Å². The Bertz CT molecular complexity index is 272. The monoisotopic (exact) mass is 218 g/mol. The van der Waals surface area contributed by atoms with Crippen molar-refractivity contribution < 1.29 is 29.6 Å². The first-order chi connectivity index (χ1) is 6.91. The maximum Gasteiger partial charge on any atom is 0.340 e. The molecule has 1 aliphatic rings. The first kappa shape index (κ1) is 12.0. The number of carboxylic acid groups (broad SMARTS) is 1. The Hall–Kier alpha value is -1.11. The van der Waals surface area contributed by atoms with Gasteiger partial charge in [0.15, 0.2) is 6.29 Å². The van der Waals surface area contributed by atoms with E-state index in [1.165, 1.54) is 0 Å². The largest absolute Gasteiger partial charge is 0.509 e. The van der Waals surface area contributed by atoms with Crippen molar-refractivity contribution in [2.45, 2.75) is 38.4 Å². The molecule has 1 aliphatic heterocycles. The van der Waals surface area contributed by atoms with Crippen LogP contribution in [0.15, 0.2) is 11.8 Å². The van der Waals surface area contributed by atoms with E-state index in [4.69, 9.17) is 14.6 Å². The SMILES string of the molecule is CC(C)O[C@@H]1OC(C(=O)O)C(O)=CC1O. The molecule has 0 aromatic rings. The third-order valence-corrected chi connectivity index (χ3v) is 1.79. The van der Waals surface area contributed by atoms with Gasteiger partial charge in [0.25, 0.3) is 0 Å². The molecule has 0 aromatic heterocycles. The molecular weight excluding hydrogens is 204 g/mol. The molecule has 0 saturated heterocycles. The van der Waals surface area contributed by atoms with Crippen molar-refractivity contribution in [1.82, 2.24) is 0 Å². The molecule has 3 N–H and O–H groups in total. The number of carboxylic acids is 1. The second-order valence-corrected chi connectivity index (χ2v) is 3.49. The highest BCUT2D eigenvalue weighted by Gasteiger charge is 2.36. The molecule has 2 unspecified atom stereocenters. The third kappa shape index (κ3) is 2.92. The average Bonchev–Trinajstić information content (AvgIpc) is 2.08. The molecule has 0 aliphatic carbocycles. The fourth-order valence-electron chi connectivity index (χ4n) is 1.19. The van der Waals surface area contributed by atoms with Gasteiger partial charge in [-0.25, -0.2) is 4.79 Å². The summed E-state index contributed by atoms with van der Waals surface area (Å²) < 4.78 is 10.0. The quantitative estimate of drug-likeness (QED) is 0.618. The fourth-order valence-corrected chi connectivity index (χ4v) is 1.19. The summed E-state index contributed by atoms with van der Waals surface area (Å²) in [7, 11) is 0. The Morgan fingerprint density at radius 3 is 2.67 bits per heavy atom. The highest BCUT2D eigenvalue weighted by atomic mass is 16.7. The minimum Gasteiger partial charge on any atom is -0.509 e. The number of hydrogen-bond donors (Lipinski definition) is 3. The van der Waals surface area contributed by atoms with Gasteiger partial charge >= 0.3 is 5.97 Å². The second-order valence-electron chi connectivity index (χ2n) is 3.49. The summed E-state index contributed by atoms with van der Waals surface area (Å²) in [6, 6.07) is 0. The number of rotatable bonds is 3. The van der Waals surface area contributed by atoms with Crippen LogP contribution in [0.1, 0.15) is 13.8 Å². The van der Waals surface area contributed by atoms with Crippen molar-refractivity contribution in [1.29, 1.82) is 0 Å². The molecule has 6 nitrogen and oxygen atoms in total. The predicted octanol–water partition coefficient (Wildman–Crippen LogP) is 0.0237. The molecule has 0 amide bonds. The van der Waals surface area contributed by atoms with E-state index < -0.39 is 30.2 Å². The minimum absolute atomic E-state index is 0.215. The van der Waals surface area contributed by atoms with Crippen LogP contribution >= 0.6 is 0 Å². The van der Waals surface area contributed by atoms with E-state index in [2.05, 4.69) is 0 Å². The summed E-state index contributed by atoms with van der Waals surface area (Å²) in [6.45, 7) is 3.45. The van der Waals surface area contributed by atoms with Gasteiger partial charge in [0.05, 0.1) is 6.10 Å². The van der Waals surface area contributed by atoms with Crippen LogP contribution in [0.25, 0.3) is 0 Å². The predicted molar refractivity (Wildman–Crippen MR) is 49.2 cm³/mol.